The normalized spacial score (nSPS) is 11.4. The van der Waals surface area contributed by atoms with Crippen molar-refractivity contribution >= 4 is 23.5 Å². The molecule has 0 aliphatic rings. The predicted octanol–water partition coefficient (Wildman–Crippen LogP) is 4.62. The summed E-state index contributed by atoms with van der Waals surface area (Å²) in [7, 11) is 0. The third-order valence-electron chi connectivity index (χ3n) is 4.51. The van der Waals surface area contributed by atoms with Crippen molar-refractivity contribution < 1.29 is 27.1 Å². The summed E-state index contributed by atoms with van der Waals surface area (Å²) in [6.45, 7) is 0.00336. The van der Waals surface area contributed by atoms with Gasteiger partial charge in [0.25, 0.3) is 5.91 Å². The number of alkyl halides is 3. The van der Waals surface area contributed by atoms with E-state index < -0.39 is 23.5 Å². The van der Waals surface area contributed by atoms with Gasteiger partial charge in [-0.15, -0.1) is 5.10 Å². The maximum atomic E-state index is 13.2. The smallest absolute Gasteiger partial charge is 0.416 e. The molecule has 13 heteroatoms. The lowest BCUT2D eigenvalue weighted by atomic mass is 10.2. The van der Waals surface area contributed by atoms with Crippen molar-refractivity contribution in [2.24, 2.45) is 0 Å². The number of nitrogens with one attached hydrogen (secondary N) is 1. The average molecular weight is 495 g/mol. The Morgan fingerprint density at radius 3 is 2.68 bits per heavy atom. The second-order valence-electron chi connectivity index (χ2n) is 7.00. The molecule has 0 spiro atoms. The molecule has 0 aliphatic heterocycles. The minimum absolute atomic E-state index is 0.00678. The summed E-state index contributed by atoms with van der Waals surface area (Å²) < 4.78 is 59.5. The highest BCUT2D eigenvalue weighted by Gasteiger charge is 2.30. The average Bonchev–Trinajstić information content (AvgIpc) is 3.43. The van der Waals surface area contributed by atoms with Gasteiger partial charge in [-0.05, 0) is 42.0 Å². The first kappa shape index (κ1) is 23.2. The standard InChI is InChI=1S/C21H15ClF4N6O2/c22-17-9-15(23)5-4-13(17)10-32-11-27-20(30-32)28-19(33)18-6-7-31(29-18)12-34-16-3-1-2-14(8-16)21(24,25)26/h1-9,11H,10,12H2,(H,28,30,33). The largest absolute Gasteiger partial charge is 0.471 e. The van der Waals surface area contributed by atoms with Crippen LogP contribution >= 0.6 is 11.6 Å². The Kier molecular flexibility index (Phi) is 6.50. The summed E-state index contributed by atoms with van der Waals surface area (Å²) in [6, 6.07) is 9.80. The number of hydrogen-bond donors (Lipinski definition) is 1. The van der Waals surface area contributed by atoms with E-state index in [4.69, 9.17) is 16.3 Å². The highest BCUT2D eigenvalue weighted by atomic mass is 35.5. The van der Waals surface area contributed by atoms with E-state index >= 15 is 0 Å². The lowest BCUT2D eigenvalue weighted by Crippen LogP contribution is -2.15. The van der Waals surface area contributed by atoms with E-state index in [1.807, 2.05) is 0 Å². The molecule has 34 heavy (non-hydrogen) atoms. The third kappa shape index (κ3) is 5.70. The first-order valence-corrected chi connectivity index (χ1v) is 10.0. The van der Waals surface area contributed by atoms with E-state index in [9.17, 15) is 22.4 Å². The summed E-state index contributed by atoms with van der Waals surface area (Å²) in [5.41, 5.74) is -0.199. The molecular weight excluding hydrogens is 480 g/mol. The zero-order chi connectivity index (χ0) is 24.3. The van der Waals surface area contributed by atoms with Gasteiger partial charge in [-0.1, -0.05) is 23.7 Å². The van der Waals surface area contributed by atoms with E-state index in [-0.39, 0.29) is 35.7 Å². The first-order chi connectivity index (χ1) is 16.2. The molecule has 0 saturated heterocycles. The summed E-state index contributed by atoms with van der Waals surface area (Å²) in [5, 5.41) is 10.9. The Bertz CT molecular complexity index is 1320. The molecule has 1 N–H and O–H groups in total. The Morgan fingerprint density at radius 1 is 1.09 bits per heavy atom. The second-order valence-corrected chi connectivity index (χ2v) is 7.40. The van der Waals surface area contributed by atoms with Gasteiger partial charge in [-0.2, -0.15) is 18.3 Å². The van der Waals surface area contributed by atoms with Crippen LogP contribution in [0.25, 0.3) is 0 Å². The SMILES string of the molecule is O=C(Nc1ncn(Cc2ccc(F)cc2Cl)n1)c1ccn(COc2cccc(C(F)(F)F)c2)n1. The van der Waals surface area contributed by atoms with Crippen molar-refractivity contribution in [1.82, 2.24) is 24.5 Å². The summed E-state index contributed by atoms with van der Waals surface area (Å²) in [5.74, 6) is -1.04. The van der Waals surface area contributed by atoms with Gasteiger partial charge >= 0.3 is 6.18 Å². The maximum absolute atomic E-state index is 13.2. The molecule has 176 valence electrons. The number of benzene rings is 2. The molecule has 8 nitrogen and oxygen atoms in total. The van der Waals surface area contributed by atoms with Crippen LogP contribution in [-0.4, -0.2) is 30.5 Å². The van der Waals surface area contributed by atoms with Crippen LogP contribution in [0.2, 0.25) is 5.02 Å². The van der Waals surface area contributed by atoms with Crippen LogP contribution in [-0.2, 0) is 19.5 Å². The minimum Gasteiger partial charge on any atom is -0.471 e. The van der Waals surface area contributed by atoms with Crippen molar-refractivity contribution in [2.75, 3.05) is 5.32 Å². The molecule has 0 atom stereocenters. The van der Waals surface area contributed by atoms with Gasteiger partial charge in [0.05, 0.1) is 12.1 Å². The summed E-state index contributed by atoms with van der Waals surface area (Å²) in [6.07, 6.45) is -1.68. The molecule has 0 unspecified atom stereocenters. The number of rotatable bonds is 7. The fourth-order valence-electron chi connectivity index (χ4n) is 2.88. The summed E-state index contributed by atoms with van der Waals surface area (Å²) in [4.78, 5) is 16.4. The topological polar surface area (TPSA) is 86.9 Å². The number of hydrogen-bond acceptors (Lipinski definition) is 5. The van der Waals surface area contributed by atoms with E-state index in [0.717, 1.165) is 12.1 Å². The molecule has 0 saturated carbocycles. The molecule has 0 bridgehead atoms. The zero-order valence-corrected chi connectivity index (χ0v) is 17.9. The lowest BCUT2D eigenvalue weighted by molar-refractivity contribution is -0.137. The van der Waals surface area contributed by atoms with Crippen LogP contribution in [0.4, 0.5) is 23.5 Å². The molecule has 2 aromatic heterocycles. The molecule has 4 rings (SSSR count). The molecule has 0 fully saturated rings. The Balaban J connectivity index is 1.34. The number of halogens is 5. The fourth-order valence-corrected chi connectivity index (χ4v) is 3.10. The molecule has 1 amide bonds. The van der Waals surface area contributed by atoms with Crippen molar-refractivity contribution in [3.05, 3.63) is 88.7 Å². The molecular formula is C21H15ClF4N6O2. The van der Waals surface area contributed by atoms with Gasteiger partial charge in [0.2, 0.25) is 5.95 Å². The van der Waals surface area contributed by atoms with E-state index in [1.165, 1.54) is 58.3 Å². The Morgan fingerprint density at radius 2 is 1.91 bits per heavy atom. The number of carbonyl (C=O) groups excluding carboxylic acids is 1. The monoisotopic (exact) mass is 494 g/mol. The van der Waals surface area contributed by atoms with E-state index in [0.29, 0.717) is 5.56 Å². The van der Waals surface area contributed by atoms with Crippen LogP contribution in [0, 0.1) is 5.82 Å². The predicted molar refractivity (Wildman–Crippen MR) is 113 cm³/mol. The fraction of sp³-hybridized carbons (Fsp3) is 0.143. The Hall–Kier alpha value is -3.93. The second kappa shape index (κ2) is 9.51. The van der Waals surface area contributed by atoms with Crippen molar-refractivity contribution in [1.29, 1.82) is 0 Å². The zero-order valence-electron chi connectivity index (χ0n) is 17.1. The quantitative estimate of drug-likeness (QED) is 0.379. The van der Waals surface area contributed by atoms with Crippen LogP contribution in [0.5, 0.6) is 5.75 Å². The number of aromatic nitrogens is 5. The van der Waals surface area contributed by atoms with E-state index in [1.54, 1.807) is 0 Å². The van der Waals surface area contributed by atoms with Crippen LogP contribution < -0.4 is 10.1 Å². The highest BCUT2D eigenvalue weighted by molar-refractivity contribution is 6.31. The van der Waals surface area contributed by atoms with Gasteiger partial charge in [0, 0.05) is 11.2 Å². The molecule has 0 radical (unpaired) electrons. The lowest BCUT2D eigenvalue weighted by Gasteiger charge is -2.10. The molecule has 4 aromatic rings. The number of carbonyl (C=O) groups is 1. The number of anilines is 1. The first-order valence-electron chi connectivity index (χ1n) is 9.65. The molecule has 2 heterocycles. The number of amides is 1. The number of ether oxygens (including phenoxy) is 1. The third-order valence-corrected chi connectivity index (χ3v) is 4.86. The van der Waals surface area contributed by atoms with Gasteiger partial charge in [-0.25, -0.2) is 18.7 Å². The maximum Gasteiger partial charge on any atom is 0.416 e. The van der Waals surface area contributed by atoms with Gasteiger partial charge in [-0.3, -0.25) is 10.1 Å². The van der Waals surface area contributed by atoms with Crippen molar-refractivity contribution in [3.8, 4) is 5.75 Å². The van der Waals surface area contributed by atoms with Crippen molar-refractivity contribution in [3.63, 3.8) is 0 Å². The van der Waals surface area contributed by atoms with Crippen LogP contribution in [0.1, 0.15) is 21.6 Å². The Labute approximate surface area is 194 Å². The highest BCUT2D eigenvalue weighted by Crippen LogP contribution is 2.31. The van der Waals surface area contributed by atoms with Crippen LogP contribution in [0.15, 0.2) is 61.1 Å². The molecule has 2 aromatic carbocycles. The van der Waals surface area contributed by atoms with Crippen LogP contribution in [0.3, 0.4) is 0 Å². The minimum atomic E-state index is -4.48. The molecule has 0 aliphatic carbocycles. The number of nitrogens with zero attached hydrogens (tertiary/aromatic N) is 5. The van der Waals surface area contributed by atoms with E-state index in [2.05, 4.69) is 20.5 Å². The summed E-state index contributed by atoms with van der Waals surface area (Å²) >= 11 is 6.00. The van der Waals surface area contributed by atoms with Gasteiger partial charge in [0.15, 0.2) is 12.4 Å². The van der Waals surface area contributed by atoms with Crippen molar-refractivity contribution in [2.45, 2.75) is 19.5 Å². The van der Waals surface area contributed by atoms with Gasteiger partial charge < -0.3 is 4.74 Å². The van der Waals surface area contributed by atoms with Gasteiger partial charge in [0.1, 0.15) is 17.9 Å².